The molecule has 1 aliphatic carbocycles. The van der Waals surface area contributed by atoms with Gasteiger partial charge in [-0.3, -0.25) is 4.79 Å². The van der Waals surface area contributed by atoms with Crippen LogP contribution >= 0.6 is 0 Å². The number of rotatable bonds is 3. The van der Waals surface area contributed by atoms with Crippen LogP contribution in [0.4, 0.5) is 0 Å². The molecule has 2 aliphatic rings. The first kappa shape index (κ1) is 15.0. The van der Waals surface area contributed by atoms with Crippen molar-refractivity contribution in [3.63, 3.8) is 0 Å². The van der Waals surface area contributed by atoms with Crippen LogP contribution in [0.15, 0.2) is 12.2 Å². The fraction of sp³-hybridized carbons (Fsp3) is 0.733. The number of ether oxygens (including phenoxy) is 3. The Kier molecular flexibility index (Phi) is 3.45. The zero-order valence-electron chi connectivity index (χ0n) is 12.7. The van der Waals surface area contributed by atoms with Gasteiger partial charge in [-0.25, -0.2) is 4.79 Å². The fourth-order valence-electron chi connectivity index (χ4n) is 3.61. The van der Waals surface area contributed by atoms with Crippen LogP contribution in [0.2, 0.25) is 0 Å². The maximum Gasteiger partial charge on any atom is 0.330 e. The first-order valence-electron chi connectivity index (χ1n) is 6.80. The van der Waals surface area contributed by atoms with Crippen molar-refractivity contribution < 1.29 is 23.8 Å². The molecular weight excluding hydrogens is 260 g/mol. The highest BCUT2D eigenvalue weighted by Gasteiger charge is 2.75. The lowest BCUT2D eigenvalue weighted by Gasteiger charge is -2.40. The molecule has 5 heteroatoms. The lowest BCUT2D eigenvalue weighted by atomic mass is 9.63. The van der Waals surface area contributed by atoms with Gasteiger partial charge in [0.2, 0.25) is 0 Å². The van der Waals surface area contributed by atoms with Gasteiger partial charge in [0, 0.05) is 24.8 Å². The zero-order chi connectivity index (χ0) is 15.2. The second-order valence-corrected chi connectivity index (χ2v) is 6.45. The van der Waals surface area contributed by atoms with Gasteiger partial charge in [-0.1, -0.05) is 13.8 Å². The Balaban J connectivity index is 2.20. The van der Waals surface area contributed by atoms with E-state index in [0.717, 1.165) is 0 Å². The Morgan fingerprint density at radius 2 is 1.90 bits per heavy atom. The molecule has 3 atom stereocenters. The highest BCUT2D eigenvalue weighted by Crippen LogP contribution is 2.66. The highest BCUT2D eigenvalue weighted by atomic mass is 16.6. The van der Waals surface area contributed by atoms with Crippen LogP contribution in [0.5, 0.6) is 0 Å². The molecule has 112 valence electrons. The van der Waals surface area contributed by atoms with Crippen molar-refractivity contribution in [3.8, 4) is 0 Å². The quantitative estimate of drug-likeness (QED) is 0.450. The predicted molar refractivity (Wildman–Crippen MR) is 71.9 cm³/mol. The second-order valence-electron chi connectivity index (χ2n) is 6.45. The Hall–Kier alpha value is -1.36. The lowest BCUT2D eigenvalue weighted by molar-refractivity contribution is -0.149. The summed E-state index contributed by atoms with van der Waals surface area (Å²) in [5.74, 6) is -0.664. The molecule has 2 fully saturated rings. The summed E-state index contributed by atoms with van der Waals surface area (Å²) in [7, 11) is 1.35. The van der Waals surface area contributed by atoms with Gasteiger partial charge in [0.25, 0.3) is 0 Å². The van der Waals surface area contributed by atoms with Gasteiger partial charge in [-0.05, 0) is 19.4 Å². The van der Waals surface area contributed by atoms with Crippen molar-refractivity contribution in [1.29, 1.82) is 0 Å². The smallest absolute Gasteiger partial charge is 0.330 e. The minimum absolute atomic E-state index is 0.144. The summed E-state index contributed by atoms with van der Waals surface area (Å²) in [6.45, 7) is 7.54. The number of hydrogen-bond donors (Lipinski definition) is 0. The third kappa shape index (κ3) is 2.24. The number of carbonyl (C=O) groups excluding carboxylic acids is 2. The van der Waals surface area contributed by atoms with Gasteiger partial charge in [-0.15, -0.1) is 0 Å². The maximum absolute atomic E-state index is 11.3. The molecule has 1 saturated carbocycles. The van der Waals surface area contributed by atoms with Gasteiger partial charge in [0.1, 0.15) is 17.3 Å². The first-order valence-corrected chi connectivity index (χ1v) is 6.80. The molecule has 5 nitrogen and oxygen atoms in total. The standard InChI is InChI=1S/C15H22O5/c1-10(16)19-11-8-13(2,3)15(7-6-12(17)18-5)14(4,9-11)20-15/h6-7,11H,8-9H2,1-5H3/b7-6+/t11-,14-,15+/m0/s1. The average Bonchev–Trinajstić information content (AvgIpc) is 2.91. The van der Waals surface area contributed by atoms with Crippen molar-refractivity contribution in [2.75, 3.05) is 7.11 Å². The molecule has 1 heterocycles. The van der Waals surface area contributed by atoms with E-state index < -0.39 is 17.2 Å². The molecule has 0 radical (unpaired) electrons. The molecular formula is C15H22O5. The van der Waals surface area contributed by atoms with E-state index in [1.54, 1.807) is 6.08 Å². The number of esters is 2. The molecule has 0 amide bonds. The van der Waals surface area contributed by atoms with Gasteiger partial charge in [-0.2, -0.15) is 0 Å². The molecule has 0 aromatic rings. The topological polar surface area (TPSA) is 65.1 Å². The fourth-order valence-corrected chi connectivity index (χ4v) is 3.61. The molecule has 0 aromatic heterocycles. The van der Waals surface area contributed by atoms with E-state index in [2.05, 4.69) is 18.6 Å². The van der Waals surface area contributed by atoms with Crippen LogP contribution < -0.4 is 0 Å². The van der Waals surface area contributed by atoms with Crippen LogP contribution in [0.25, 0.3) is 0 Å². The maximum atomic E-state index is 11.3. The van der Waals surface area contributed by atoms with Crippen LogP contribution in [0, 0.1) is 5.41 Å². The van der Waals surface area contributed by atoms with E-state index in [1.807, 2.05) is 6.92 Å². The summed E-state index contributed by atoms with van der Waals surface area (Å²) in [6, 6.07) is 0. The monoisotopic (exact) mass is 282 g/mol. The molecule has 1 aliphatic heterocycles. The first-order chi connectivity index (χ1) is 9.16. The Labute approximate surface area is 119 Å². The van der Waals surface area contributed by atoms with Crippen molar-refractivity contribution in [2.24, 2.45) is 5.41 Å². The van der Waals surface area contributed by atoms with Crippen molar-refractivity contribution in [3.05, 3.63) is 12.2 Å². The summed E-state index contributed by atoms with van der Waals surface area (Å²) in [4.78, 5) is 22.4. The molecule has 20 heavy (non-hydrogen) atoms. The number of methoxy groups -OCH3 is 1. The average molecular weight is 282 g/mol. The summed E-state index contributed by atoms with van der Waals surface area (Å²) in [5, 5.41) is 0. The van der Waals surface area contributed by atoms with Crippen molar-refractivity contribution in [2.45, 2.75) is 57.8 Å². The van der Waals surface area contributed by atoms with Crippen molar-refractivity contribution in [1.82, 2.24) is 0 Å². The highest BCUT2D eigenvalue weighted by molar-refractivity contribution is 5.82. The van der Waals surface area contributed by atoms with Crippen LogP contribution in [0.3, 0.4) is 0 Å². The number of epoxide rings is 1. The summed E-state index contributed by atoms with van der Waals surface area (Å²) in [5.41, 5.74) is -1.13. The largest absolute Gasteiger partial charge is 0.466 e. The zero-order valence-corrected chi connectivity index (χ0v) is 12.7. The molecule has 0 N–H and O–H groups in total. The third-order valence-corrected chi connectivity index (χ3v) is 4.48. The number of fused-ring (bicyclic) bond motifs is 1. The van der Waals surface area contributed by atoms with Crippen LogP contribution in [-0.2, 0) is 23.8 Å². The predicted octanol–water partition coefficient (Wildman–Crippen LogP) is 1.99. The molecule has 0 unspecified atom stereocenters. The van der Waals surface area contributed by atoms with Crippen molar-refractivity contribution >= 4 is 11.9 Å². The second kappa shape index (κ2) is 4.58. The molecule has 0 aromatic carbocycles. The molecule has 2 rings (SSSR count). The SMILES string of the molecule is COC(=O)/C=C/[C@]12O[C@@]1(C)C[C@@H](OC(C)=O)CC2(C)C. The Bertz CT molecular complexity index is 467. The van der Waals surface area contributed by atoms with Gasteiger partial charge >= 0.3 is 11.9 Å². The van der Waals surface area contributed by atoms with Crippen LogP contribution in [0.1, 0.15) is 40.5 Å². The number of hydrogen-bond acceptors (Lipinski definition) is 5. The molecule has 1 saturated heterocycles. The minimum atomic E-state index is -0.495. The van der Waals surface area contributed by atoms with Crippen LogP contribution in [-0.4, -0.2) is 36.4 Å². The molecule has 0 spiro atoms. The van der Waals surface area contributed by atoms with E-state index in [4.69, 9.17) is 9.47 Å². The lowest BCUT2D eigenvalue weighted by Crippen LogP contribution is -2.47. The molecule has 0 bridgehead atoms. The third-order valence-electron chi connectivity index (χ3n) is 4.48. The summed E-state index contributed by atoms with van der Waals surface area (Å²) < 4.78 is 16.0. The normalized spacial score (nSPS) is 38.1. The van der Waals surface area contributed by atoms with E-state index in [1.165, 1.54) is 20.1 Å². The van der Waals surface area contributed by atoms with Gasteiger partial charge < -0.3 is 14.2 Å². The van der Waals surface area contributed by atoms with Gasteiger partial charge in [0.05, 0.1) is 7.11 Å². The Morgan fingerprint density at radius 1 is 1.25 bits per heavy atom. The van der Waals surface area contributed by atoms with Gasteiger partial charge in [0.15, 0.2) is 0 Å². The minimum Gasteiger partial charge on any atom is -0.466 e. The van der Waals surface area contributed by atoms with E-state index >= 15 is 0 Å². The number of carbonyl (C=O) groups is 2. The Morgan fingerprint density at radius 3 is 2.40 bits per heavy atom. The van der Waals surface area contributed by atoms with E-state index in [9.17, 15) is 9.59 Å². The van der Waals surface area contributed by atoms with E-state index in [-0.39, 0.29) is 17.5 Å². The summed E-state index contributed by atoms with van der Waals surface area (Å²) >= 11 is 0. The summed E-state index contributed by atoms with van der Waals surface area (Å²) in [6.07, 6.45) is 4.41. The van der Waals surface area contributed by atoms with E-state index in [0.29, 0.717) is 12.8 Å².